The molecule has 0 heterocycles. The number of carbonyl (C=O) groups is 3. The third kappa shape index (κ3) is 7.95. The molecule has 0 radical (unpaired) electrons. The van der Waals surface area contributed by atoms with Crippen LogP contribution in [0.2, 0.25) is 0 Å². The third-order valence-electron chi connectivity index (χ3n) is 3.48. The van der Waals surface area contributed by atoms with Gasteiger partial charge in [0, 0.05) is 5.54 Å². The molecule has 1 unspecified atom stereocenters. The molecule has 4 N–H and O–H groups in total. The SMILES string of the molecule is CCC[NH+](CC(=O)NC(=O)NC(C)(C)C)CC(=O)Nc1ccc(F)c(F)c1F. The Balaban J connectivity index is 2.66. The van der Waals surface area contributed by atoms with Crippen LogP contribution in [-0.2, 0) is 9.59 Å². The monoisotopic (exact) mass is 403 g/mol. The molecule has 0 aliphatic heterocycles. The number of nitrogens with one attached hydrogen (secondary N) is 4. The van der Waals surface area contributed by atoms with Gasteiger partial charge in [-0.25, -0.2) is 18.0 Å². The molecule has 4 amide bonds. The van der Waals surface area contributed by atoms with E-state index in [1.165, 1.54) is 0 Å². The Hall–Kier alpha value is -2.62. The minimum Gasteiger partial charge on any atom is -0.333 e. The van der Waals surface area contributed by atoms with E-state index in [1.54, 1.807) is 20.8 Å². The molecule has 7 nitrogen and oxygen atoms in total. The van der Waals surface area contributed by atoms with Crippen molar-refractivity contribution in [1.82, 2.24) is 10.6 Å². The van der Waals surface area contributed by atoms with E-state index in [0.717, 1.165) is 6.07 Å². The van der Waals surface area contributed by atoms with Crippen LogP contribution in [0, 0.1) is 17.5 Å². The van der Waals surface area contributed by atoms with E-state index in [1.807, 2.05) is 6.92 Å². The fourth-order valence-corrected chi connectivity index (χ4v) is 2.41. The molecular formula is C18H26F3N4O3+. The molecule has 1 aromatic carbocycles. The maximum Gasteiger partial charge on any atom is 0.322 e. The van der Waals surface area contributed by atoms with E-state index in [4.69, 9.17) is 0 Å². The number of amides is 4. The normalized spacial score (nSPS) is 12.2. The van der Waals surface area contributed by atoms with Gasteiger partial charge in [0.05, 0.1) is 12.2 Å². The van der Waals surface area contributed by atoms with E-state index in [2.05, 4.69) is 16.0 Å². The summed E-state index contributed by atoms with van der Waals surface area (Å²) in [6.07, 6.45) is 0.642. The highest BCUT2D eigenvalue weighted by Crippen LogP contribution is 2.19. The molecule has 0 aromatic heterocycles. The average Bonchev–Trinajstić information content (AvgIpc) is 2.53. The van der Waals surface area contributed by atoms with Gasteiger partial charge in [-0.2, -0.15) is 0 Å². The largest absolute Gasteiger partial charge is 0.333 e. The maximum atomic E-state index is 13.7. The number of carbonyl (C=O) groups excluding carboxylic acids is 3. The molecule has 0 saturated carbocycles. The van der Waals surface area contributed by atoms with Crippen molar-refractivity contribution in [2.75, 3.05) is 25.0 Å². The molecule has 0 aliphatic rings. The minimum absolute atomic E-state index is 0.168. The van der Waals surface area contributed by atoms with Crippen molar-refractivity contribution >= 4 is 23.5 Å². The molecular weight excluding hydrogens is 377 g/mol. The van der Waals surface area contributed by atoms with E-state index in [0.29, 0.717) is 23.9 Å². The number of urea groups is 1. The molecule has 0 spiro atoms. The third-order valence-corrected chi connectivity index (χ3v) is 3.48. The first-order valence-corrected chi connectivity index (χ1v) is 8.81. The highest BCUT2D eigenvalue weighted by atomic mass is 19.2. The van der Waals surface area contributed by atoms with Crippen molar-refractivity contribution in [3.63, 3.8) is 0 Å². The second-order valence-corrected chi connectivity index (χ2v) is 7.38. The number of benzene rings is 1. The molecule has 0 bridgehead atoms. The second-order valence-electron chi connectivity index (χ2n) is 7.38. The summed E-state index contributed by atoms with van der Waals surface area (Å²) in [5.41, 5.74) is -1.01. The predicted molar refractivity (Wildman–Crippen MR) is 97.2 cm³/mol. The fourth-order valence-electron chi connectivity index (χ4n) is 2.41. The highest BCUT2D eigenvalue weighted by molar-refractivity contribution is 5.95. The standard InChI is InChI=1S/C18H25F3N4O3/c1-5-8-25(10-14(27)23-17(28)24-18(2,3)4)9-13(26)22-12-7-6-11(19)15(20)16(12)21/h6-7H,5,8-10H2,1-4H3,(H,22,26)(H2,23,24,27,28)/p+1. The summed E-state index contributed by atoms with van der Waals surface area (Å²) in [4.78, 5) is 36.4. The van der Waals surface area contributed by atoms with Crippen molar-refractivity contribution in [2.24, 2.45) is 0 Å². The lowest BCUT2D eigenvalue weighted by Crippen LogP contribution is -3.14. The molecule has 28 heavy (non-hydrogen) atoms. The number of hydrogen-bond donors (Lipinski definition) is 4. The number of imide groups is 1. The number of quaternary nitrogens is 1. The fraction of sp³-hybridized carbons (Fsp3) is 0.500. The van der Waals surface area contributed by atoms with Gasteiger partial charge in [-0.3, -0.25) is 14.9 Å². The first kappa shape index (κ1) is 23.4. The summed E-state index contributed by atoms with van der Waals surface area (Å²) >= 11 is 0. The second kappa shape index (κ2) is 10.1. The number of hydrogen-bond acceptors (Lipinski definition) is 3. The van der Waals surface area contributed by atoms with E-state index in [-0.39, 0.29) is 13.1 Å². The van der Waals surface area contributed by atoms with Crippen molar-refractivity contribution in [1.29, 1.82) is 0 Å². The summed E-state index contributed by atoms with van der Waals surface area (Å²) in [6, 6.07) is 0.961. The van der Waals surface area contributed by atoms with Gasteiger partial charge in [0.2, 0.25) is 0 Å². The quantitative estimate of drug-likeness (QED) is 0.511. The molecule has 0 aliphatic carbocycles. The molecule has 1 aromatic rings. The summed E-state index contributed by atoms with van der Waals surface area (Å²) in [5.74, 6) is -5.81. The summed E-state index contributed by atoms with van der Waals surface area (Å²) < 4.78 is 39.8. The van der Waals surface area contributed by atoms with Gasteiger partial charge in [-0.05, 0) is 39.3 Å². The summed E-state index contributed by atoms with van der Waals surface area (Å²) in [7, 11) is 0. The lowest BCUT2D eigenvalue weighted by molar-refractivity contribution is -0.883. The maximum absolute atomic E-state index is 13.7. The lowest BCUT2D eigenvalue weighted by Gasteiger charge is -2.21. The number of rotatable bonds is 7. The van der Waals surface area contributed by atoms with E-state index >= 15 is 0 Å². The van der Waals surface area contributed by atoms with Crippen LogP contribution in [0.5, 0.6) is 0 Å². The van der Waals surface area contributed by atoms with Gasteiger partial charge >= 0.3 is 6.03 Å². The smallest absolute Gasteiger partial charge is 0.322 e. The zero-order valence-corrected chi connectivity index (χ0v) is 16.3. The molecule has 0 saturated heterocycles. The van der Waals surface area contributed by atoms with Gasteiger partial charge in [0.25, 0.3) is 11.8 Å². The Kier molecular flexibility index (Phi) is 8.42. The van der Waals surface area contributed by atoms with Crippen molar-refractivity contribution in [3.8, 4) is 0 Å². The van der Waals surface area contributed by atoms with Gasteiger partial charge in [-0.1, -0.05) is 6.92 Å². The van der Waals surface area contributed by atoms with Crippen LogP contribution in [0.15, 0.2) is 12.1 Å². The number of anilines is 1. The van der Waals surface area contributed by atoms with Crippen molar-refractivity contribution < 1.29 is 32.5 Å². The Bertz CT molecular complexity index is 736. The summed E-state index contributed by atoms with van der Waals surface area (Å²) in [5, 5.41) is 6.92. The van der Waals surface area contributed by atoms with Crippen LogP contribution in [0.3, 0.4) is 0 Å². The van der Waals surface area contributed by atoms with Crippen LogP contribution < -0.4 is 20.9 Å². The molecule has 10 heteroatoms. The molecule has 0 fully saturated rings. The van der Waals surface area contributed by atoms with E-state index in [9.17, 15) is 27.6 Å². The molecule has 1 atom stereocenters. The zero-order valence-electron chi connectivity index (χ0n) is 16.3. The van der Waals surface area contributed by atoms with Crippen molar-refractivity contribution in [2.45, 2.75) is 39.7 Å². The lowest BCUT2D eigenvalue weighted by atomic mass is 10.1. The minimum atomic E-state index is -1.68. The van der Waals surface area contributed by atoms with Crippen LogP contribution >= 0.6 is 0 Å². The number of halogens is 3. The zero-order chi connectivity index (χ0) is 21.5. The Morgan fingerprint density at radius 3 is 2.18 bits per heavy atom. The van der Waals surface area contributed by atoms with Crippen LogP contribution in [-0.4, -0.2) is 43.0 Å². The highest BCUT2D eigenvalue weighted by Gasteiger charge is 2.22. The Labute approximate surface area is 161 Å². The molecule has 1 rings (SSSR count). The van der Waals surface area contributed by atoms with Gasteiger partial charge in [0.15, 0.2) is 30.5 Å². The van der Waals surface area contributed by atoms with Crippen LogP contribution in [0.4, 0.5) is 23.7 Å². The first-order valence-electron chi connectivity index (χ1n) is 8.81. The molecule has 156 valence electrons. The summed E-state index contributed by atoms with van der Waals surface area (Å²) in [6.45, 7) is 7.16. The van der Waals surface area contributed by atoms with Crippen LogP contribution in [0.25, 0.3) is 0 Å². The average molecular weight is 403 g/mol. The first-order chi connectivity index (χ1) is 12.9. The van der Waals surface area contributed by atoms with Gasteiger partial charge in [-0.15, -0.1) is 0 Å². The van der Waals surface area contributed by atoms with Crippen molar-refractivity contribution in [3.05, 3.63) is 29.6 Å². The Morgan fingerprint density at radius 2 is 1.61 bits per heavy atom. The Morgan fingerprint density at radius 1 is 1.00 bits per heavy atom. The van der Waals surface area contributed by atoms with Gasteiger partial charge < -0.3 is 15.5 Å². The van der Waals surface area contributed by atoms with Gasteiger partial charge in [0.1, 0.15) is 0 Å². The topological polar surface area (TPSA) is 91.7 Å². The van der Waals surface area contributed by atoms with Crippen LogP contribution in [0.1, 0.15) is 34.1 Å². The van der Waals surface area contributed by atoms with E-state index < -0.39 is 46.5 Å². The predicted octanol–water partition coefficient (Wildman–Crippen LogP) is 0.962.